The van der Waals surface area contributed by atoms with Gasteiger partial charge in [-0.2, -0.15) is 0 Å². The molecular weight excluding hydrogens is 170 g/mol. The molecule has 0 aromatic heterocycles. The average Bonchev–Trinajstić information content (AvgIpc) is 2.91. The molecule has 4 nitrogen and oxygen atoms in total. The monoisotopic (exact) mass is 183 g/mol. The van der Waals surface area contributed by atoms with Crippen molar-refractivity contribution in [1.29, 1.82) is 0 Å². The highest BCUT2D eigenvalue weighted by Gasteiger charge is 2.40. The van der Waals surface area contributed by atoms with Gasteiger partial charge in [-0.05, 0) is 18.3 Å². The Bertz CT molecular complexity index is 239. The van der Waals surface area contributed by atoms with Crippen molar-refractivity contribution in [2.24, 2.45) is 11.8 Å². The van der Waals surface area contributed by atoms with E-state index < -0.39 is 0 Å². The van der Waals surface area contributed by atoms with Crippen molar-refractivity contribution >= 4 is 6.09 Å². The van der Waals surface area contributed by atoms with Gasteiger partial charge >= 0.3 is 6.09 Å². The van der Waals surface area contributed by atoms with E-state index >= 15 is 0 Å². The van der Waals surface area contributed by atoms with Crippen LogP contribution in [0.15, 0.2) is 12.3 Å². The smallest absolute Gasteiger partial charge is 0.415 e. The first-order valence-electron chi connectivity index (χ1n) is 4.42. The fourth-order valence-corrected chi connectivity index (χ4v) is 1.57. The van der Waals surface area contributed by atoms with E-state index in [1.54, 1.807) is 4.90 Å². The Labute approximate surface area is 77.1 Å². The molecular formula is C9H13NO3. The lowest BCUT2D eigenvalue weighted by Gasteiger charge is -2.20. The number of methoxy groups -OCH3 is 1. The quantitative estimate of drug-likeness (QED) is 0.604. The molecule has 4 heteroatoms. The standard InChI is InChI=1S/C9H13NO3/c1-12-6-13-9(11)10-3-2-7-4-8(7)5-10/h2-3,7-8H,4-6H2,1H3. The maximum Gasteiger partial charge on any atom is 0.415 e. The first-order valence-corrected chi connectivity index (χ1v) is 4.42. The number of amides is 1. The van der Waals surface area contributed by atoms with Crippen LogP contribution in [0.1, 0.15) is 6.42 Å². The van der Waals surface area contributed by atoms with Gasteiger partial charge in [-0.3, -0.25) is 4.90 Å². The number of ether oxygens (including phenoxy) is 2. The summed E-state index contributed by atoms with van der Waals surface area (Å²) in [5.41, 5.74) is 0. The highest BCUT2D eigenvalue weighted by atomic mass is 16.7. The highest BCUT2D eigenvalue weighted by Crippen LogP contribution is 2.42. The minimum Gasteiger partial charge on any atom is -0.422 e. The Balaban J connectivity index is 1.83. The van der Waals surface area contributed by atoms with Crippen LogP contribution in [0.3, 0.4) is 0 Å². The summed E-state index contributed by atoms with van der Waals surface area (Å²) in [6.45, 7) is 0.820. The third-order valence-electron chi connectivity index (χ3n) is 2.46. The van der Waals surface area contributed by atoms with Crippen LogP contribution in [0.5, 0.6) is 0 Å². The van der Waals surface area contributed by atoms with E-state index in [9.17, 15) is 4.79 Å². The van der Waals surface area contributed by atoms with Crippen LogP contribution < -0.4 is 0 Å². The zero-order valence-electron chi connectivity index (χ0n) is 7.60. The lowest BCUT2D eigenvalue weighted by Crippen LogP contribution is -2.30. The van der Waals surface area contributed by atoms with Crippen LogP contribution in [-0.2, 0) is 9.47 Å². The molecule has 0 bridgehead atoms. The molecule has 1 amide bonds. The fourth-order valence-electron chi connectivity index (χ4n) is 1.57. The van der Waals surface area contributed by atoms with Gasteiger partial charge in [0.15, 0.2) is 6.79 Å². The van der Waals surface area contributed by atoms with E-state index in [0.717, 1.165) is 6.54 Å². The van der Waals surface area contributed by atoms with E-state index in [4.69, 9.17) is 4.74 Å². The number of hydrogen-bond donors (Lipinski definition) is 0. The second kappa shape index (κ2) is 3.38. The van der Waals surface area contributed by atoms with Crippen LogP contribution in [0.2, 0.25) is 0 Å². The van der Waals surface area contributed by atoms with Gasteiger partial charge in [0, 0.05) is 19.9 Å². The molecule has 0 N–H and O–H groups in total. The maximum absolute atomic E-state index is 11.3. The number of hydrogen-bond acceptors (Lipinski definition) is 3. The van der Waals surface area contributed by atoms with Crippen molar-refractivity contribution in [3.63, 3.8) is 0 Å². The molecule has 2 aliphatic rings. The molecule has 0 aromatic carbocycles. The van der Waals surface area contributed by atoms with Gasteiger partial charge in [0.1, 0.15) is 0 Å². The van der Waals surface area contributed by atoms with Crippen LogP contribution >= 0.6 is 0 Å². The Kier molecular flexibility index (Phi) is 2.22. The van der Waals surface area contributed by atoms with Crippen molar-refractivity contribution < 1.29 is 14.3 Å². The number of carbonyl (C=O) groups excluding carboxylic acids is 1. The zero-order valence-corrected chi connectivity index (χ0v) is 7.60. The van der Waals surface area contributed by atoms with E-state index in [1.807, 2.05) is 6.20 Å². The SMILES string of the molecule is COCOC(=O)N1C=CC2CC2C1. The third-order valence-corrected chi connectivity index (χ3v) is 2.46. The third kappa shape index (κ3) is 1.83. The van der Waals surface area contributed by atoms with Gasteiger partial charge in [-0.1, -0.05) is 6.08 Å². The summed E-state index contributed by atoms with van der Waals surface area (Å²) in [6.07, 6.45) is 4.78. The molecule has 2 rings (SSSR count). The summed E-state index contributed by atoms with van der Waals surface area (Å²) < 4.78 is 9.46. The Morgan fingerprint density at radius 1 is 1.69 bits per heavy atom. The first kappa shape index (κ1) is 8.56. The molecule has 13 heavy (non-hydrogen) atoms. The van der Waals surface area contributed by atoms with Crippen molar-refractivity contribution in [3.05, 3.63) is 12.3 Å². The highest BCUT2D eigenvalue weighted by molar-refractivity contribution is 5.69. The average molecular weight is 183 g/mol. The number of allylic oxidation sites excluding steroid dienone is 1. The van der Waals surface area contributed by atoms with Crippen molar-refractivity contribution in [2.75, 3.05) is 20.4 Å². The molecule has 0 saturated heterocycles. The molecule has 1 aliphatic heterocycles. The van der Waals surface area contributed by atoms with E-state index in [-0.39, 0.29) is 12.9 Å². The molecule has 1 aliphatic carbocycles. The van der Waals surface area contributed by atoms with Gasteiger partial charge in [0.25, 0.3) is 0 Å². The Morgan fingerprint density at radius 3 is 3.23 bits per heavy atom. The maximum atomic E-state index is 11.3. The van der Waals surface area contributed by atoms with Crippen LogP contribution in [0, 0.1) is 11.8 Å². The second-order valence-electron chi connectivity index (χ2n) is 3.47. The molecule has 1 fully saturated rings. The fraction of sp³-hybridized carbons (Fsp3) is 0.667. The number of fused-ring (bicyclic) bond motifs is 1. The molecule has 1 saturated carbocycles. The predicted molar refractivity (Wildman–Crippen MR) is 45.8 cm³/mol. The first-order chi connectivity index (χ1) is 6.31. The van der Waals surface area contributed by atoms with Gasteiger partial charge in [-0.15, -0.1) is 0 Å². The molecule has 0 spiro atoms. The van der Waals surface area contributed by atoms with Gasteiger partial charge in [-0.25, -0.2) is 4.79 Å². The summed E-state index contributed by atoms with van der Waals surface area (Å²) >= 11 is 0. The molecule has 2 unspecified atom stereocenters. The summed E-state index contributed by atoms with van der Waals surface area (Å²) in [6, 6.07) is 0. The normalized spacial score (nSPS) is 29.8. The molecule has 72 valence electrons. The van der Waals surface area contributed by atoms with E-state index in [1.165, 1.54) is 13.5 Å². The minimum atomic E-state index is -0.316. The van der Waals surface area contributed by atoms with Gasteiger partial charge in [0.2, 0.25) is 0 Å². The van der Waals surface area contributed by atoms with Crippen LogP contribution in [-0.4, -0.2) is 31.4 Å². The number of carbonyl (C=O) groups is 1. The van der Waals surface area contributed by atoms with Crippen LogP contribution in [0.4, 0.5) is 4.79 Å². The summed E-state index contributed by atoms with van der Waals surface area (Å²) in [4.78, 5) is 12.9. The molecule has 0 radical (unpaired) electrons. The van der Waals surface area contributed by atoms with Gasteiger partial charge in [0.05, 0.1) is 0 Å². The number of nitrogens with zero attached hydrogens (tertiary/aromatic N) is 1. The van der Waals surface area contributed by atoms with Crippen LogP contribution in [0.25, 0.3) is 0 Å². The summed E-state index contributed by atoms with van der Waals surface area (Å²) in [7, 11) is 1.50. The predicted octanol–water partition coefficient (Wildman–Crippen LogP) is 1.19. The molecule has 1 heterocycles. The Morgan fingerprint density at radius 2 is 2.54 bits per heavy atom. The minimum absolute atomic E-state index is 0.0251. The van der Waals surface area contributed by atoms with Crippen molar-refractivity contribution in [2.45, 2.75) is 6.42 Å². The summed E-state index contributed by atoms with van der Waals surface area (Å²) in [5, 5.41) is 0. The lowest BCUT2D eigenvalue weighted by atomic mass is 10.2. The topological polar surface area (TPSA) is 38.8 Å². The number of rotatable bonds is 2. The van der Waals surface area contributed by atoms with Crippen molar-refractivity contribution in [3.8, 4) is 0 Å². The second-order valence-corrected chi connectivity index (χ2v) is 3.47. The Hall–Kier alpha value is -1.03. The molecule has 0 aromatic rings. The van der Waals surface area contributed by atoms with E-state index in [0.29, 0.717) is 11.8 Å². The summed E-state index contributed by atoms with van der Waals surface area (Å²) in [5.74, 6) is 1.38. The lowest BCUT2D eigenvalue weighted by molar-refractivity contribution is -0.000191. The zero-order chi connectivity index (χ0) is 9.26. The van der Waals surface area contributed by atoms with Gasteiger partial charge < -0.3 is 9.47 Å². The largest absolute Gasteiger partial charge is 0.422 e. The van der Waals surface area contributed by atoms with Crippen molar-refractivity contribution in [1.82, 2.24) is 4.90 Å². The molecule has 2 atom stereocenters. The van der Waals surface area contributed by atoms with E-state index in [2.05, 4.69) is 10.8 Å².